The Morgan fingerprint density at radius 3 is 2.61 bits per heavy atom. The van der Waals surface area contributed by atoms with Crippen LogP contribution in [-0.4, -0.2) is 55.4 Å². The number of carbonyl (C=O) groups is 1. The summed E-state index contributed by atoms with van der Waals surface area (Å²) < 4.78 is 15.5. The van der Waals surface area contributed by atoms with Crippen LogP contribution in [0.5, 0.6) is 0 Å². The quantitative estimate of drug-likeness (QED) is 0.331. The first-order valence-corrected chi connectivity index (χ1v) is 16.0. The molecule has 8 atom stereocenters. The molecule has 6 unspecified atom stereocenters. The lowest BCUT2D eigenvalue weighted by atomic mass is 9.45. The van der Waals surface area contributed by atoms with Gasteiger partial charge in [0.15, 0.2) is 0 Å². The van der Waals surface area contributed by atoms with Gasteiger partial charge in [-0.05, 0) is 110 Å². The summed E-state index contributed by atoms with van der Waals surface area (Å²) in [7, 11) is 0. The first kappa shape index (κ1) is 29.4. The predicted molar refractivity (Wildman–Crippen MR) is 165 cm³/mol. The topological polar surface area (TPSA) is 108 Å². The van der Waals surface area contributed by atoms with E-state index in [2.05, 4.69) is 23.4 Å². The number of halogens is 1. The number of benzene rings is 2. The van der Waals surface area contributed by atoms with Crippen molar-refractivity contribution in [3.63, 3.8) is 0 Å². The van der Waals surface area contributed by atoms with Gasteiger partial charge in [0.1, 0.15) is 11.4 Å². The van der Waals surface area contributed by atoms with Gasteiger partial charge in [0.2, 0.25) is 0 Å². The fourth-order valence-electron chi connectivity index (χ4n) is 9.72. The molecule has 1 amide bonds. The number of nitrogens with one attached hydrogen (secondary N) is 1. The molecule has 3 aromatic rings. The standard InChI is InChI=1S/C36H42FN3O4/c1-34-18-23-20-38-40(27-11-9-25(37)10-12-27)30(23)17-24(34)8-13-28-29-14-15-36(44,35(29,2)19-31(42)32(28)34)33(43)39-26(21-41)16-22-6-4-3-5-7-22/h3-7,9-12,17,20,26,28-29,31-32,41-42,44H,8,13-16,18-19,21H2,1-2H3,(H,39,43)/t26-,28?,29?,31?,32?,34?,35?,36-/m0/s1. The number of hydrogen-bond donors (Lipinski definition) is 4. The Hall–Kier alpha value is -3.33. The Kier molecular flexibility index (Phi) is 7.11. The number of hydrogen-bond acceptors (Lipinski definition) is 5. The fraction of sp³-hybridized carbons (Fsp3) is 0.500. The highest BCUT2D eigenvalue weighted by Crippen LogP contribution is 2.67. The summed E-state index contributed by atoms with van der Waals surface area (Å²) in [6, 6.07) is 15.6. The van der Waals surface area contributed by atoms with Crippen molar-refractivity contribution in [2.75, 3.05) is 6.61 Å². The van der Waals surface area contributed by atoms with E-state index in [1.807, 2.05) is 48.1 Å². The molecule has 2 aromatic carbocycles. The van der Waals surface area contributed by atoms with Gasteiger partial charge in [0.05, 0.1) is 36.3 Å². The Labute approximate surface area is 257 Å². The molecule has 1 aromatic heterocycles. The zero-order chi connectivity index (χ0) is 30.9. The smallest absolute Gasteiger partial charge is 0.252 e. The molecule has 44 heavy (non-hydrogen) atoms. The molecule has 7 nitrogen and oxygen atoms in total. The number of nitrogens with zero attached hydrogens (tertiary/aromatic N) is 2. The van der Waals surface area contributed by atoms with Crippen molar-refractivity contribution in [1.29, 1.82) is 0 Å². The third-order valence-electron chi connectivity index (χ3n) is 11.9. The second-order valence-corrected chi connectivity index (χ2v) is 14.2. The molecule has 0 aliphatic heterocycles. The van der Waals surface area contributed by atoms with Crippen LogP contribution in [0.3, 0.4) is 0 Å². The highest BCUT2D eigenvalue weighted by atomic mass is 19.1. The molecule has 7 rings (SSSR count). The van der Waals surface area contributed by atoms with Crippen LogP contribution in [0.25, 0.3) is 11.8 Å². The maximum absolute atomic E-state index is 13.8. The van der Waals surface area contributed by atoms with Crippen LogP contribution in [-0.2, 0) is 17.6 Å². The van der Waals surface area contributed by atoms with Gasteiger partial charge < -0.3 is 20.6 Å². The van der Waals surface area contributed by atoms with Gasteiger partial charge in [-0.15, -0.1) is 0 Å². The van der Waals surface area contributed by atoms with Crippen LogP contribution in [0.2, 0.25) is 0 Å². The summed E-state index contributed by atoms with van der Waals surface area (Å²) in [5.74, 6) is -0.471. The van der Waals surface area contributed by atoms with E-state index in [0.717, 1.165) is 48.2 Å². The minimum atomic E-state index is -1.62. The normalized spacial score (nSPS) is 34.6. The van der Waals surface area contributed by atoms with Crippen molar-refractivity contribution >= 4 is 12.0 Å². The molecule has 0 saturated heterocycles. The zero-order valence-corrected chi connectivity index (χ0v) is 25.4. The molecule has 1 heterocycles. The van der Waals surface area contributed by atoms with Gasteiger partial charge in [-0.25, -0.2) is 9.07 Å². The molecular weight excluding hydrogens is 557 g/mol. The minimum Gasteiger partial charge on any atom is -0.394 e. The molecule has 0 spiro atoms. The molecule has 4 aliphatic rings. The highest BCUT2D eigenvalue weighted by molar-refractivity contribution is 5.87. The van der Waals surface area contributed by atoms with E-state index >= 15 is 0 Å². The van der Waals surface area contributed by atoms with Crippen LogP contribution in [0, 0.1) is 34.4 Å². The van der Waals surface area contributed by atoms with Crippen LogP contribution >= 0.6 is 0 Å². The van der Waals surface area contributed by atoms with Gasteiger partial charge >= 0.3 is 0 Å². The van der Waals surface area contributed by atoms with E-state index in [4.69, 9.17) is 0 Å². The van der Waals surface area contributed by atoms with Crippen molar-refractivity contribution in [3.8, 4) is 5.69 Å². The lowest BCUT2D eigenvalue weighted by Gasteiger charge is -2.60. The number of carbonyl (C=O) groups excluding carboxylic acids is 1. The first-order valence-electron chi connectivity index (χ1n) is 16.0. The van der Waals surface area contributed by atoms with E-state index < -0.39 is 29.1 Å². The summed E-state index contributed by atoms with van der Waals surface area (Å²) in [5.41, 5.74) is 2.56. The molecule has 0 bridgehead atoms. The zero-order valence-electron chi connectivity index (χ0n) is 25.4. The van der Waals surface area contributed by atoms with E-state index in [9.17, 15) is 24.5 Å². The second kappa shape index (κ2) is 10.6. The number of aromatic nitrogens is 2. The molecule has 4 N–H and O–H groups in total. The Morgan fingerprint density at radius 1 is 1.14 bits per heavy atom. The highest BCUT2D eigenvalue weighted by Gasteiger charge is 2.68. The van der Waals surface area contributed by atoms with Crippen molar-refractivity contribution in [2.45, 2.75) is 76.5 Å². The molecule has 232 valence electrons. The Morgan fingerprint density at radius 2 is 1.89 bits per heavy atom. The van der Waals surface area contributed by atoms with Crippen molar-refractivity contribution < 1.29 is 24.5 Å². The van der Waals surface area contributed by atoms with Gasteiger partial charge in [-0.3, -0.25) is 4.79 Å². The molecule has 0 radical (unpaired) electrons. The van der Waals surface area contributed by atoms with Crippen LogP contribution in [0.1, 0.15) is 62.8 Å². The second-order valence-electron chi connectivity index (χ2n) is 14.2. The van der Waals surface area contributed by atoms with Crippen LogP contribution < -0.4 is 5.32 Å². The van der Waals surface area contributed by atoms with Crippen molar-refractivity contribution in [3.05, 3.63) is 89.0 Å². The largest absolute Gasteiger partial charge is 0.394 e. The summed E-state index contributed by atoms with van der Waals surface area (Å²) >= 11 is 0. The van der Waals surface area contributed by atoms with Crippen LogP contribution in [0.15, 0.2) is 66.4 Å². The molecule has 4 aliphatic carbocycles. The van der Waals surface area contributed by atoms with Crippen molar-refractivity contribution in [1.82, 2.24) is 15.1 Å². The van der Waals surface area contributed by atoms with E-state index in [-0.39, 0.29) is 35.6 Å². The van der Waals surface area contributed by atoms with Gasteiger partial charge in [0.25, 0.3) is 5.91 Å². The van der Waals surface area contributed by atoms with E-state index in [0.29, 0.717) is 19.3 Å². The Balaban J connectivity index is 1.14. The summed E-state index contributed by atoms with van der Waals surface area (Å²) in [6.07, 6.45) is 7.83. The van der Waals surface area contributed by atoms with E-state index in [1.165, 1.54) is 17.7 Å². The van der Waals surface area contributed by atoms with Gasteiger partial charge in [-0.2, -0.15) is 5.10 Å². The maximum Gasteiger partial charge on any atom is 0.252 e. The number of amides is 1. The van der Waals surface area contributed by atoms with Gasteiger partial charge in [-0.1, -0.05) is 49.8 Å². The number of allylic oxidation sites excluding steroid dienone is 1. The number of aliphatic hydroxyl groups excluding tert-OH is 2. The van der Waals surface area contributed by atoms with Crippen LogP contribution in [0.4, 0.5) is 4.39 Å². The molecule has 3 saturated carbocycles. The summed E-state index contributed by atoms with van der Waals surface area (Å²) in [5, 5.41) is 41.8. The lowest BCUT2D eigenvalue weighted by Crippen LogP contribution is -2.64. The third-order valence-corrected chi connectivity index (χ3v) is 11.9. The average Bonchev–Trinajstić information content (AvgIpc) is 3.53. The summed E-state index contributed by atoms with van der Waals surface area (Å²) in [6.45, 7) is 4.04. The molecule has 3 fully saturated rings. The Bertz CT molecular complexity index is 1590. The maximum atomic E-state index is 13.8. The summed E-state index contributed by atoms with van der Waals surface area (Å²) in [4.78, 5) is 13.8. The lowest BCUT2D eigenvalue weighted by molar-refractivity contribution is -0.181. The molecule has 8 heteroatoms. The fourth-order valence-corrected chi connectivity index (χ4v) is 9.72. The predicted octanol–water partition coefficient (Wildman–Crippen LogP) is 4.62. The number of rotatable bonds is 6. The number of fused-ring (bicyclic) bond motifs is 6. The van der Waals surface area contributed by atoms with E-state index in [1.54, 1.807) is 12.1 Å². The number of aliphatic hydroxyl groups is 3. The molecular formula is C36H42FN3O4. The van der Waals surface area contributed by atoms with Gasteiger partial charge in [0, 0.05) is 5.41 Å². The first-order chi connectivity index (χ1) is 21.1. The monoisotopic (exact) mass is 599 g/mol. The SMILES string of the molecule is CC12Cc3cnn(-c4ccc(F)cc4)c3C=C1CCC1C2C(O)CC2(C)C1CC[C@]2(O)C(=O)N[C@H](CO)Cc1ccccc1. The van der Waals surface area contributed by atoms with Crippen molar-refractivity contribution in [2.24, 2.45) is 28.6 Å². The third kappa shape index (κ3) is 4.40. The minimum absolute atomic E-state index is 0.00317. The average molecular weight is 600 g/mol.